The summed E-state index contributed by atoms with van der Waals surface area (Å²) in [5.41, 5.74) is 2.51. The van der Waals surface area contributed by atoms with Crippen LogP contribution in [0.15, 0.2) is 42.6 Å². The van der Waals surface area contributed by atoms with Crippen LogP contribution in [0.5, 0.6) is 0 Å². The zero-order valence-corrected chi connectivity index (χ0v) is 20.5. The van der Waals surface area contributed by atoms with Gasteiger partial charge >= 0.3 is 0 Å². The summed E-state index contributed by atoms with van der Waals surface area (Å²) in [6, 6.07) is 9.15. The van der Waals surface area contributed by atoms with E-state index >= 15 is 0 Å². The first-order chi connectivity index (χ1) is 17.0. The minimum atomic E-state index is -0.891. The van der Waals surface area contributed by atoms with Crippen molar-refractivity contribution in [3.63, 3.8) is 0 Å². The molecule has 10 heteroatoms. The van der Waals surface area contributed by atoms with E-state index in [0.29, 0.717) is 50.7 Å². The van der Waals surface area contributed by atoms with Crippen LogP contribution in [0.25, 0.3) is 22.6 Å². The lowest BCUT2D eigenvalue weighted by Gasteiger charge is -2.16. The third-order valence-electron chi connectivity index (χ3n) is 6.16. The highest BCUT2D eigenvalue weighted by atomic mass is 35.5. The molecule has 6 nitrogen and oxygen atoms in total. The highest BCUT2D eigenvalue weighted by Crippen LogP contribution is 2.35. The summed E-state index contributed by atoms with van der Waals surface area (Å²) in [4.78, 5) is 16.3. The number of benzene rings is 2. The first-order valence-corrected chi connectivity index (χ1v) is 12.3. The third-order valence-corrected chi connectivity index (χ3v) is 6.79. The molecule has 0 aliphatic carbocycles. The van der Waals surface area contributed by atoms with Crippen LogP contribution in [-0.4, -0.2) is 44.1 Å². The van der Waals surface area contributed by atoms with Crippen molar-refractivity contribution in [2.45, 2.75) is 32.4 Å². The average Bonchev–Trinajstić information content (AvgIpc) is 3.48. The Morgan fingerprint density at radius 3 is 2.46 bits per heavy atom. The topological polar surface area (TPSA) is 58.9 Å². The molecular formula is C25H24Cl2F2N6. The Balaban J connectivity index is 1.46. The van der Waals surface area contributed by atoms with E-state index in [1.165, 1.54) is 18.9 Å². The molecule has 0 spiro atoms. The Labute approximate surface area is 211 Å². The molecule has 1 saturated heterocycles. The number of nitrogens with one attached hydrogen (secondary N) is 1. The van der Waals surface area contributed by atoms with Crippen molar-refractivity contribution in [2.75, 3.05) is 25.0 Å². The zero-order chi connectivity index (χ0) is 24.4. The van der Waals surface area contributed by atoms with Crippen LogP contribution >= 0.6 is 23.2 Å². The summed E-state index contributed by atoms with van der Waals surface area (Å²) in [5, 5.41) is 4.11. The van der Waals surface area contributed by atoms with Gasteiger partial charge in [0.05, 0.1) is 21.8 Å². The summed E-state index contributed by atoms with van der Waals surface area (Å²) in [6.07, 6.45) is 5.05. The Kier molecular flexibility index (Phi) is 7.13. The summed E-state index contributed by atoms with van der Waals surface area (Å²) < 4.78 is 28.8. The predicted octanol–water partition coefficient (Wildman–Crippen LogP) is 6.18. The number of nitrogens with zero attached hydrogens (tertiary/aromatic N) is 5. The Morgan fingerprint density at radius 2 is 1.71 bits per heavy atom. The highest BCUT2D eigenvalue weighted by molar-refractivity contribution is 6.39. The first-order valence-electron chi connectivity index (χ1n) is 11.6. The Hall–Kier alpha value is -2.81. The minimum Gasteiger partial charge on any atom is -0.350 e. The molecule has 0 atom stereocenters. The van der Waals surface area contributed by atoms with Gasteiger partial charge in [0.25, 0.3) is 0 Å². The second kappa shape index (κ2) is 10.4. The molecule has 3 heterocycles. The molecule has 1 N–H and O–H groups in total. The van der Waals surface area contributed by atoms with Gasteiger partial charge in [-0.2, -0.15) is 4.98 Å². The number of aryl methyl sites for hydroxylation is 1. The molecule has 2 aromatic heterocycles. The lowest BCUT2D eigenvalue weighted by molar-refractivity contribution is 0.326. The van der Waals surface area contributed by atoms with E-state index in [4.69, 9.17) is 33.2 Å². The van der Waals surface area contributed by atoms with E-state index < -0.39 is 11.6 Å². The smallest absolute Gasteiger partial charge is 0.225 e. The number of fused-ring (bicyclic) bond motifs is 1. The molecule has 0 saturated carbocycles. The summed E-state index contributed by atoms with van der Waals surface area (Å²) >= 11 is 13.0. The fourth-order valence-electron chi connectivity index (χ4n) is 4.41. The van der Waals surface area contributed by atoms with Gasteiger partial charge in [0.2, 0.25) is 5.95 Å². The van der Waals surface area contributed by atoms with Crippen LogP contribution in [0.1, 0.15) is 24.8 Å². The number of rotatable bonds is 8. The minimum absolute atomic E-state index is 0.245. The summed E-state index contributed by atoms with van der Waals surface area (Å²) in [6.45, 7) is 4.18. The SMILES string of the molecule is Fc1ccc(CNc2ncc3nc(-c4c(Cl)cccc4Cl)n(CCCN4CCCC4)c3n2)cc1F. The lowest BCUT2D eigenvalue weighted by Crippen LogP contribution is -2.21. The van der Waals surface area contributed by atoms with Gasteiger partial charge in [-0.1, -0.05) is 35.3 Å². The molecule has 0 amide bonds. The molecule has 182 valence electrons. The molecule has 0 radical (unpaired) electrons. The van der Waals surface area contributed by atoms with Crippen LogP contribution in [0, 0.1) is 11.6 Å². The monoisotopic (exact) mass is 516 g/mol. The van der Waals surface area contributed by atoms with Gasteiger partial charge in [-0.05, 0) is 68.7 Å². The number of imidazole rings is 1. The molecule has 2 aromatic carbocycles. The Morgan fingerprint density at radius 1 is 0.943 bits per heavy atom. The van der Waals surface area contributed by atoms with Gasteiger partial charge in [0.15, 0.2) is 17.3 Å². The molecule has 5 rings (SSSR count). The van der Waals surface area contributed by atoms with Crippen LogP contribution in [-0.2, 0) is 13.1 Å². The van der Waals surface area contributed by atoms with E-state index in [0.717, 1.165) is 38.2 Å². The number of aromatic nitrogens is 4. The van der Waals surface area contributed by atoms with Gasteiger partial charge in [0.1, 0.15) is 11.3 Å². The number of anilines is 1. The van der Waals surface area contributed by atoms with Crippen molar-refractivity contribution in [1.82, 2.24) is 24.4 Å². The second-order valence-electron chi connectivity index (χ2n) is 8.59. The molecule has 0 unspecified atom stereocenters. The maximum absolute atomic E-state index is 13.6. The molecule has 1 aliphatic rings. The number of hydrogen-bond acceptors (Lipinski definition) is 5. The molecule has 4 aromatic rings. The first kappa shape index (κ1) is 23.9. The molecule has 1 aliphatic heterocycles. The van der Waals surface area contributed by atoms with Crippen molar-refractivity contribution in [2.24, 2.45) is 0 Å². The van der Waals surface area contributed by atoms with Crippen LogP contribution < -0.4 is 5.32 Å². The maximum Gasteiger partial charge on any atom is 0.225 e. The van der Waals surface area contributed by atoms with Gasteiger partial charge in [-0.3, -0.25) is 0 Å². The number of likely N-dealkylation sites (tertiary alicyclic amines) is 1. The standard InChI is InChI=1S/C25H24Cl2F2N6/c26-17-5-3-6-18(27)22(17)24-32-21-15-31-25(30-14-16-7-8-19(28)20(29)13-16)33-23(21)35(24)12-4-11-34-9-1-2-10-34/h3,5-8,13,15H,1-2,4,9-12,14H2,(H,30,31,33). The Bertz CT molecular complexity index is 1330. The van der Waals surface area contributed by atoms with Gasteiger partial charge < -0.3 is 14.8 Å². The summed E-state index contributed by atoms with van der Waals surface area (Å²) in [7, 11) is 0. The van der Waals surface area contributed by atoms with Crippen molar-refractivity contribution >= 4 is 40.3 Å². The van der Waals surface area contributed by atoms with Gasteiger partial charge in [-0.15, -0.1) is 0 Å². The van der Waals surface area contributed by atoms with Gasteiger partial charge in [-0.25, -0.2) is 18.7 Å². The molecule has 0 bridgehead atoms. The van der Waals surface area contributed by atoms with Crippen LogP contribution in [0.2, 0.25) is 10.0 Å². The number of halogens is 4. The van der Waals surface area contributed by atoms with Crippen molar-refractivity contribution < 1.29 is 8.78 Å². The quantitative estimate of drug-likeness (QED) is 0.303. The third kappa shape index (κ3) is 5.24. The highest BCUT2D eigenvalue weighted by Gasteiger charge is 2.20. The van der Waals surface area contributed by atoms with E-state index in [2.05, 4.69) is 15.2 Å². The van der Waals surface area contributed by atoms with E-state index in [1.807, 2.05) is 4.57 Å². The maximum atomic E-state index is 13.6. The fourth-order valence-corrected chi connectivity index (χ4v) is 4.97. The predicted molar refractivity (Wildman–Crippen MR) is 135 cm³/mol. The van der Waals surface area contributed by atoms with Crippen molar-refractivity contribution in [3.8, 4) is 11.4 Å². The van der Waals surface area contributed by atoms with Crippen molar-refractivity contribution in [1.29, 1.82) is 0 Å². The van der Waals surface area contributed by atoms with Gasteiger partial charge in [0, 0.05) is 13.1 Å². The zero-order valence-electron chi connectivity index (χ0n) is 18.9. The fraction of sp³-hybridized carbons (Fsp3) is 0.320. The van der Waals surface area contributed by atoms with Crippen molar-refractivity contribution in [3.05, 3.63) is 69.8 Å². The van der Waals surface area contributed by atoms with E-state index in [-0.39, 0.29) is 6.54 Å². The lowest BCUT2D eigenvalue weighted by atomic mass is 10.2. The normalized spacial score (nSPS) is 14.2. The molecular weight excluding hydrogens is 493 g/mol. The second-order valence-corrected chi connectivity index (χ2v) is 9.40. The number of hydrogen-bond donors (Lipinski definition) is 1. The van der Waals surface area contributed by atoms with Crippen LogP contribution in [0.3, 0.4) is 0 Å². The van der Waals surface area contributed by atoms with Crippen LogP contribution in [0.4, 0.5) is 14.7 Å². The summed E-state index contributed by atoms with van der Waals surface area (Å²) in [5.74, 6) is -0.767. The average molecular weight is 517 g/mol. The van der Waals surface area contributed by atoms with E-state index in [1.54, 1.807) is 24.4 Å². The van der Waals surface area contributed by atoms with E-state index in [9.17, 15) is 8.78 Å². The molecule has 35 heavy (non-hydrogen) atoms. The largest absolute Gasteiger partial charge is 0.350 e. The molecule has 1 fully saturated rings.